The minimum Gasteiger partial charge on any atom is -0.380 e. The van der Waals surface area contributed by atoms with E-state index in [-0.39, 0.29) is 5.91 Å². The van der Waals surface area contributed by atoms with Gasteiger partial charge in [-0.25, -0.2) is 0 Å². The number of nitrogens with zero attached hydrogens (tertiary/aromatic N) is 1. The van der Waals surface area contributed by atoms with Crippen LogP contribution < -0.4 is 5.73 Å². The Labute approximate surface area is 135 Å². The molecule has 0 radical (unpaired) electrons. The number of fused-ring (bicyclic) bond motifs is 1. The quantitative estimate of drug-likeness (QED) is 0.723. The van der Waals surface area contributed by atoms with Gasteiger partial charge in [0.15, 0.2) is 0 Å². The van der Waals surface area contributed by atoms with Crippen molar-refractivity contribution in [2.45, 2.75) is 20.3 Å². The van der Waals surface area contributed by atoms with E-state index in [0.717, 1.165) is 49.4 Å². The van der Waals surface area contributed by atoms with Gasteiger partial charge >= 0.3 is 0 Å². The van der Waals surface area contributed by atoms with Gasteiger partial charge in [0, 0.05) is 11.2 Å². The van der Waals surface area contributed by atoms with Crippen LogP contribution in [0.2, 0.25) is 0 Å². The molecule has 0 aliphatic rings. The van der Waals surface area contributed by atoms with Gasteiger partial charge in [0.25, 0.3) is 5.91 Å². The smallest absolute Gasteiger partial charge is 0.258 e. The van der Waals surface area contributed by atoms with Gasteiger partial charge in [-0.2, -0.15) is 0 Å². The Kier molecular flexibility index (Phi) is 6.36. The first-order valence-electron chi connectivity index (χ1n) is 7.76. The SMILES string of the molecule is CCN(CC)CCOCCc1ccc2sc(C(N)=O)cc2c1. The van der Waals surface area contributed by atoms with Crippen molar-refractivity contribution in [3.63, 3.8) is 0 Å². The molecule has 0 saturated carbocycles. The van der Waals surface area contributed by atoms with Crippen molar-refractivity contribution >= 4 is 27.3 Å². The average Bonchev–Trinajstić information content (AvgIpc) is 2.94. The van der Waals surface area contributed by atoms with Gasteiger partial charge in [-0.05, 0) is 42.6 Å². The van der Waals surface area contributed by atoms with E-state index < -0.39 is 0 Å². The van der Waals surface area contributed by atoms with Gasteiger partial charge in [0.2, 0.25) is 0 Å². The monoisotopic (exact) mass is 320 g/mol. The fraction of sp³-hybridized carbons (Fsp3) is 0.471. The summed E-state index contributed by atoms with van der Waals surface area (Å²) < 4.78 is 6.81. The maximum atomic E-state index is 11.2. The summed E-state index contributed by atoms with van der Waals surface area (Å²) in [5, 5.41) is 1.08. The van der Waals surface area contributed by atoms with Gasteiger partial charge in [-0.3, -0.25) is 4.79 Å². The highest BCUT2D eigenvalue weighted by Crippen LogP contribution is 2.26. The van der Waals surface area contributed by atoms with Crippen molar-refractivity contribution < 1.29 is 9.53 Å². The third kappa shape index (κ3) is 4.53. The minimum atomic E-state index is -0.359. The first-order chi connectivity index (χ1) is 10.6. The number of carbonyl (C=O) groups excluding carboxylic acids is 1. The summed E-state index contributed by atoms with van der Waals surface area (Å²) in [6, 6.07) is 8.13. The van der Waals surface area contributed by atoms with Crippen LogP contribution in [-0.2, 0) is 11.2 Å². The highest BCUT2D eigenvalue weighted by molar-refractivity contribution is 7.20. The summed E-state index contributed by atoms with van der Waals surface area (Å²) in [4.78, 5) is 14.2. The van der Waals surface area contributed by atoms with Crippen molar-refractivity contribution in [3.8, 4) is 0 Å². The molecule has 0 spiro atoms. The third-order valence-electron chi connectivity index (χ3n) is 3.80. The molecule has 2 N–H and O–H groups in total. The molecule has 0 atom stereocenters. The molecule has 2 rings (SSSR count). The summed E-state index contributed by atoms with van der Waals surface area (Å²) in [6.07, 6.45) is 0.885. The van der Waals surface area contributed by atoms with Crippen LogP contribution >= 0.6 is 11.3 Å². The van der Waals surface area contributed by atoms with Crippen LogP contribution in [0.15, 0.2) is 24.3 Å². The topological polar surface area (TPSA) is 55.6 Å². The second-order valence-corrected chi connectivity index (χ2v) is 6.32. The van der Waals surface area contributed by atoms with Gasteiger partial charge in [0.05, 0.1) is 18.1 Å². The van der Waals surface area contributed by atoms with E-state index in [1.54, 1.807) is 0 Å². The summed E-state index contributed by atoms with van der Waals surface area (Å²) in [7, 11) is 0. The van der Waals surface area contributed by atoms with E-state index in [2.05, 4.69) is 36.9 Å². The van der Waals surface area contributed by atoms with Crippen molar-refractivity contribution in [3.05, 3.63) is 34.7 Å². The van der Waals surface area contributed by atoms with E-state index >= 15 is 0 Å². The maximum Gasteiger partial charge on any atom is 0.258 e. The summed E-state index contributed by atoms with van der Waals surface area (Å²) in [5.74, 6) is -0.359. The molecule has 1 amide bonds. The van der Waals surface area contributed by atoms with Crippen LogP contribution in [-0.4, -0.2) is 43.7 Å². The second-order valence-electron chi connectivity index (χ2n) is 5.24. The highest BCUT2D eigenvalue weighted by Gasteiger charge is 2.07. The summed E-state index contributed by atoms with van der Waals surface area (Å²) in [6.45, 7) is 8.94. The standard InChI is InChI=1S/C17H24N2O2S/c1-3-19(4-2)8-10-21-9-7-13-5-6-15-14(11-13)12-16(22-15)17(18)20/h5-6,11-12H,3-4,7-10H2,1-2H3,(H2,18,20). The predicted octanol–water partition coefficient (Wildman–Crippen LogP) is 2.90. The number of ether oxygens (including phenoxy) is 1. The van der Waals surface area contributed by atoms with Gasteiger partial charge in [-0.1, -0.05) is 26.0 Å². The lowest BCUT2D eigenvalue weighted by Gasteiger charge is -2.17. The highest BCUT2D eigenvalue weighted by atomic mass is 32.1. The zero-order valence-corrected chi connectivity index (χ0v) is 14.1. The van der Waals surface area contributed by atoms with Crippen LogP contribution in [0.5, 0.6) is 0 Å². The van der Waals surface area contributed by atoms with E-state index in [9.17, 15) is 4.79 Å². The number of amides is 1. The lowest BCUT2D eigenvalue weighted by Crippen LogP contribution is -2.27. The van der Waals surface area contributed by atoms with E-state index in [0.29, 0.717) is 4.88 Å². The zero-order valence-electron chi connectivity index (χ0n) is 13.3. The van der Waals surface area contributed by atoms with Crippen LogP contribution in [0.1, 0.15) is 29.1 Å². The Balaban J connectivity index is 1.83. The summed E-state index contributed by atoms with van der Waals surface area (Å²) >= 11 is 1.44. The van der Waals surface area contributed by atoms with Crippen LogP contribution in [0.4, 0.5) is 0 Å². The normalized spacial score (nSPS) is 11.4. The molecule has 0 unspecified atom stereocenters. The molecule has 0 aliphatic heterocycles. The Morgan fingerprint density at radius 2 is 2.00 bits per heavy atom. The first kappa shape index (κ1) is 16.9. The first-order valence-corrected chi connectivity index (χ1v) is 8.58. The predicted molar refractivity (Wildman–Crippen MR) is 92.7 cm³/mol. The van der Waals surface area contributed by atoms with Crippen LogP contribution in [0, 0.1) is 0 Å². The Bertz CT molecular complexity index is 620. The largest absolute Gasteiger partial charge is 0.380 e. The summed E-state index contributed by atoms with van der Waals surface area (Å²) in [5.41, 5.74) is 6.55. The number of rotatable bonds is 9. The lowest BCUT2D eigenvalue weighted by atomic mass is 10.1. The molecule has 22 heavy (non-hydrogen) atoms. The Hall–Kier alpha value is -1.43. The molecule has 0 fully saturated rings. The molecule has 1 heterocycles. The molecule has 1 aromatic heterocycles. The van der Waals surface area contributed by atoms with Gasteiger partial charge < -0.3 is 15.4 Å². The Morgan fingerprint density at radius 3 is 2.68 bits per heavy atom. The number of thiophene rings is 1. The lowest BCUT2D eigenvalue weighted by molar-refractivity contribution is 0.100. The molecule has 4 nitrogen and oxygen atoms in total. The fourth-order valence-corrected chi connectivity index (χ4v) is 3.29. The number of hydrogen-bond donors (Lipinski definition) is 1. The number of hydrogen-bond acceptors (Lipinski definition) is 4. The number of primary amides is 1. The molecule has 0 saturated heterocycles. The molecule has 5 heteroatoms. The van der Waals surface area contributed by atoms with Crippen molar-refractivity contribution in [1.82, 2.24) is 4.90 Å². The fourth-order valence-electron chi connectivity index (χ4n) is 2.40. The molecular weight excluding hydrogens is 296 g/mol. The van der Waals surface area contributed by atoms with Crippen molar-refractivity contribution in [2.24, 2.45) is 5.73 Å². The van der Waals surface area contributed by atoms with E-state index in [1.165, 1.54) is 16.9 Å². The molecule has 120 valence electrons. The van der Waals surface area contributed by atoms with Crippen LogP contribution in [0.3, 0.4) is 0 Å². The molecular formula is C17H24N2O2S. The van der Waals surface area contributed by atoms with E-state index in [1.807, 2.05) is 6.07 Å². The molecule has 2 aromatic rings. The minimum absolute atomic E-state index is 0.359. The average molecular weight is 320 g/mol. The molecule has 0 aliphatic carbocycles. The zero-order chi connectivity index (χ0) is 15.9. The van der Waals surface area contributed by atoms with Gasteiger partial charge in [0.1, 0.15) is 0 Å². The second kappa shape index (κ2) is 8.27. The Morgan fingerprint density at radius 1 is 1.23 bits per heavy atom. The number of likely N-dealkylation sites (N-methyl/N-ethyl adjacent to an activating group) is 1. The van der Waals surface area contributed by atoms with Gasteiger partial charge in [-0.15, -0.1) is 11.3 Å². The van der Waals surface area contributed by atoms with Crippen molar-refractivity contribution in [2.75, 3.05) is 32.8 Å². The number of nitrogens with two attached hydrogens (primary N) is 1. The number of benzene rings is 1. The van der Waals surface area contributed by atoms with E-state index in [4.69, 9.17) is 10.5 Å². The van der Waals surface area contributed by atoms with Crippen molar-refractivity contribution in [1.29, 1.82) is 0 Å². The van der Waals surface area contributed by atoms with Crippen LogP contribution in [0.25, 0.3) is 10.1 Å². The maximum absolute atomic E-state index is 11.2. The molecule has 0 bridgehead atoms. The number of carbonyl (C=O) groups is 1. The molecule has 1 aromatic carbocycles. The third-order valence-corrected chi connectivity index (χ3v) is 4.94.